The van der Waals surface area contributed by atoms with E-state index in [0.717, 1.165) is 47.0 Å². The molecule has 0 saturated carbocycles. The van der Waals surface area contributed by atoms with Crippen molar-refractivity contribution < 1.29 is 9.32 Å². The Morgan fingerprint density at radius 2 is 2.14 bits per heavy atom. The van der Waals surface area contributed by atoms with Crippen LogP contribution in [0.5, 0.6) is 0 Å². The number of rotatable bonds is 5. The molecule has 0 aromatic carbocycles. The molecule has 29 heavy (non-hydrogen) atoms. The first-order valence-electron chi connectivity index (χ1n) is 9.98. The minimum Gasteiger partial charge on any atom is -0.355 e. The predicted octanol–water partition coefficient (Wildman–Crippen LogP) is 3.36. The number of aryl methyl sites for hydroxylation is 3. The van der Waals surface area contributed by atoms with Crippen LogP contribution in [0.4, 0.5) is 0 Å². The number of hydrogen-bond acceptors (Lipinski definition) is 7. The molecular weight excluding hydrogens is 388 g/mol. The predicted molar refractivity (Wildman–Crippen MR) is 110 cm³/mol. The fourth-order valence-corrected chi connectivity index (χ4v) is 4.71. The van der Waals surface area contributed by atoms with Gasteiger partial charge in [-0.05, 0) is 51.2 Å². The van der Waals surface area contributed by atoms with E-state index < -0.39 is 0 Å². The number of nitrogens with zero attached hydrogens (tertiary/aromatic N) is 6. The fourth-order valence-electron chi connectivity index (χ4n) is 4.02. The third-order valence-electron chi connectivity index (χ3n) is 5.46. The highest BCUT2D eigenvalue weighted by molar-refractivity contribution is 7.09. The number of piperidine rings is 1. The number of amides is 1. The van der Waals surface area contributed by atoms with E-state index in [2.05, 4.69) is 19.8 Å². The molecule has 0 radical (unpaired) electrons. The van der Waals surface area contributed by atoms with Crippen molar-refractivity contribution in [2.24, 2.45) is 5.92 Å². The molecule has 154 valence electrons. The minimum atomic E-state index is -0.128. The van der Waals surface area contributed by atoms with Crippen LogP contribution in [0.3, 0.4) is 0 Å². The Kier molecular flexibility index (Phi) is 5.49. The van der Waals surface area contributed by atoms with Crippen molar-refractivity contribution in [1.82, 2.24) is 29.4 Å². The molecule has 1 fully saturated rings. The Bertz CT molecular complexity index is 1010. The first kappa shape index (κ1) is 19.8. The molecule has 0 bridgehead atoms. The summed E-state index contributed by atoms with van der Waals surface area (Å²) < 4.78 is 11.5. The molecule has 1 saturated heterocycles. The number of carbonyl (C=O) groups is 1. The summed E-state index contributed by atoms with van der Waals surface area (Å²) in [6.45, 7) is 9.91. The molecular formula is C20H26N6O2S. The highest BCUT2D eigenvalue weighted by Gasteiger charge is 2.31. The van der Waals surface area contributed by atoms with Crippen LogP contribution in [-0.4, -0.2) is 48.4 Å². The Balaban J connectivity index is 1.47. The Morgan fingerprint density at radius 3 is 2.83 bits per heavy atom. The Labute approximate surface area is 174 Å². The van der Waals surface area contributed by atoms with Crippen LogP contribution in [0, 0.1) is 26.7 Å². The quantitative estimate of drug-likeness (QED) is 0.636. The molecule has 1 amide bonds. The lowest BCUT2D eigenvalue weighted by molar-refractivity contribution is -0.136. The van der Waals surface area contributed by atoms with Gasteiger partial charge in [-0.15, -0.1) is 5.10 Å². The van der Waals surface area contributed by atoms with E-state index >= 15 is 0 Å². The number of carbonyl (C=O) groups excluding carboxylic acids is 1. The molecule has 3 aromatic heterocycles. The molecule has 1 aliphatic heterocycles. The average molecular weight is 415 g/mol. The van der Waals surface area contributed by atoms with Gasteiger partial charge in [-0.1, -0.05) is 16.6 Å². The Hall–Kier alpha value is -2.55. The summed E-state index contributed by atoms with van der Waals surface area (Å²) in [5.41, 5.74) is 3.80. The summed E-state index contributed by atoms with van der Waals surface area (Å²) in [6.07, 6.45) is 1.94. The summed E-state index contributed by atoms with van der Waals surface area (Å²) in [7, 11) is 0. The van der Waals surface area contributed by atoms with Gasteiger partial charge in [0.25, 0.3) is 0 Å². The molecule has 3 aromatic rings. The highest BCUT2D eigenvalue weighted by atomic mass is 32.1. The monoisotopic (exact) mass is 414 g/mol. The average Bonchev–Trinajstić information content (AvgIpc) is 3.41. The van der Waals surface area contributed by atoms with E-state index in [1.54, 1.807) is 0 Å². The van der Waals surface area contributed by atoms with Crippen LogP contribution in [0.1, 0.15) is 48.5 Å². The number of hydrogen-bond donors (Lipinski definition) is 0. The molecule has 0 spiro atoms. The van der Waals surface area contributed by atoms with Crippen molar-refractivity contribution >= 4 is 17.4 Å². The van der Waals surface area contributed by atoms with Gasteiger partial charge in [-0.3, -0.25) is 9.48 Å². The maximum atomic E-state index is 13.1. The van der Waals surface area contributed by atoms with Gasteiger partial charge in [-0.2, -0.15) is 5.10 Å². The molecule has 8 nitrogen and oxygen atoms in total. The third kappa shape index (κ3) is 4.10. The second kappa shape index (κ2) is 8.06. The van der Waals surface area contributed by atoms with Crippen molar-refractivity contribution in [3.8, 4) is 10.6 Å². The maximum absolute atomic E-state index is 13.1. The van der Waals surface area contributed by atoms with Crippen molar-refractivity contribution in [2.75, 3.05) is 13.1 Å². The van der Waals surface area contributed by atoms with E-state index in [-0.39, 0.29) is 17.7 Å². The highest BCUT2D eigenvalue weighted by Crippen LogP contribution is 2.35. The first-order valence-corrected chi connectivity index (χ1v) is 10.8. The summed E-state index contributed by atoms with van der Waals surface area (Å²) in [4.78, 5) is 16.0. The van der Waals surface area contributed by atoms with E-state index in [9.17, 15) is 4.79 Å². The number of likely N-dealkylation sites (tertiary alicyclic amines) is 1. The summed E-state index contributed by atoms with van der Waals surface area (Å²) >= 11 is 1.32. The van der Waals surface area contributed by atoms with Gasteiger partial charge in [0.1, 0.15) is 4.88 Å². The van der Waals surface area contributed by atoms with Gasteiger partial charge in [0.05, 0.1) is 29.5 Å². The van der Waals surface area contributed by atoms with Crippen LogP contribution < -0.4 is 0 Å². The second-order valence-corrected chi connectivity index (χ2v) is 8.71. The SMILES string of the molecule is Cc1cc(-c2snnc2[C@H]2CCCN(C(=O)[C@@H](C)Cn3nc(C)cc3C)C2)on1. The zero-order valence-corrected chi connectivity index (χ0v) is 18.1. The Morgan fingerprint density at radius 1 is 1.31 bits per heavy atom. The normalized spacial score (nSPS) is 18.2. The van der Waals surface area contributed by atoms with Crippen LogP contribution in [0.2, 0.25) is 0 Å². The molecule has 0 aliphatic carbocycles. The molecule has 2 atom stereocenters. The van der Waals surface area contributed by atoms with Gasteiger partial charge < -0.3 is 9.42 Å². The van der Waals surface area contributed by atoms with E-state index in [1.807, 2.05) is 49.4 Å². The smallest absolute Gasteiger partial charge is 0.227 e. The van der Waals surface area contributed by atoms with Gasteiger partial charge in [0, 0.05) is 30.8 Å². The molecule has 9 heteroatoms. The summed E-state index contributed by atoms with van der Waals surface area (Å²) in [5, 5.41) is 12.8. The maximum Gasteiger partial charge on any atom is 0.227 e. The van der Waals surface area contributed by atoms with Gasteiger partial charge in [0.2, 0.25) is 5.91 Å². The van der Waals surface area contributed by atoms with E-state index in [1.165, 1.54) is 11.5 Å². The minimum absolute atomic E-state index is 0.128. The van der Waals surface area contributed by atoms with Gasteiger partial charge >= 0.3 is 0 Å². The number of aromatic nitrogens is 5. The van der Waals surface area contributed by atoms with E-state index in [0.29, 0.717) is 18.8 Å². The van der Waals surface area contributed by atoms with Gasteiger partial charge in [0.15, 0.2) is 5.76 Å². The molecule has 0 unspecified atom stereocenters. The third-order valence-corrected chi connectivity index (χ3v) is 6.21. The van der Waals surface area contributed by atoms with Crippen LogP contribution in [0.15, 0.2) is 16.7 Å². The largest absolute Gasteiger partial charge is 0.355 e. The van der Waals surface area contributed by atoms with Crippen molar-refractivity contribution in [3.05, 3.63) is 34.9 Å². The van der Waals surface area contributed by atoms with Crippen molar-refractivity contribution in [1.29, 1.82) is 0 Å². The molecule has 4 rings (SSSR count). The molecule has 0 N–H and O–H groups in total. The lowest BCUT2D eigenvalue weighted by Crippen LogP contribution is -2.42. The fraction of sp³-hybridized carbons (Fsp3) is 0.550. The second-order valence-electron chi connectivity index (χ2n) is 7.95. The topological polar surface area (TPSA) is 89.9 Å². The molecule has 1 aliphatic rings. The van der Waals surface area contributed by atoms with Crippen LogP contribution in [-0.2, 0) is 11.3 Å². The lowest BCUT2D eigenvalue weighted by atomic mass is 9.93. The summed E-state index contributed by atoms with van der Waals surface area (Å²) in [6, 6.07) is 3.94. The standard InChI is InChI=1S/C20H26N6O2S/c1-12(10-26-15(4)8-13(2)22-26)20(27)25-7-5-6-16(11-25)18-19(29-24-21-18)17-9-14(3)23-28-17/h8-9,12,16H,5-7,10-11H2,1-4H3/t12-,16-/m0/s1. The van der Waals surface area contributed by atoms with Crippen LogP contribution >= 0.6 is 11.5 Å². The lowest BCUT2D eigenvalue weighted by Gasteiger charge is -2.34. The van der Waals surface area contributed by atoms with E-state index in [4.69, 9.17) is 4.52 Å². The summed E-state index contributed by atoms with van der Waals surface area (Å²) in [5.74, 6) is 0.904. The van der Waals surface area contributed by atoms with Crippen molar-refractivity contribution in [2.45, 2.75) is 53.0 Å². The first-order chi connectivity index (χ1) is 13.9. The van der Waals surface area contributed by atoms with Gasteiger partial charge in [-0.25, -0.2) is 0 Å². The molecule has 4 heterocycles. The zero-order chi connectivity index (χ0) is 20.5. The zero-order valence-electron chi connectivity index (χ0n) is 17.3. The van der Waals surface area contributed by atoms with Crippen molar-refractivity contribution in [3.63, 3.8) is 0 Å². The van der Waals surface area contributed by atoms with Crippen LogP contribution in [0.25, 0.3) is 10.6 Å².